The maximum Gasteiger partial charge on any atom is 0.183 e. The molecule has 0 aromatic carbocycles. The third kappa shape index (κ3) is 2.75. The minimum absolute atomic E-state index is 0.170. The van der Waals surface area contributed by atoms with Gasteiger partial charge in [-0.05, 0) is 25.0 Å². The van der Waals surface area contributed by atoms with Crippen molar-refractivity contribution in [2.45, 2.75) is 18.9 Å². The van der Waals surface area contributed by atoms with E-state index in [9.17, 15) is 4.39 Å². The van der Waals surface area contributed by atoms with Gasteiger partial charge in [0.05, 0.1) is 12.4 Å². The second-order valence-electron chi connectivity index (χ2n) is 5.49. The lowest BCUT2D eigenvalue weighted by Gasteiger charge is -2.23. The van der Waals surface area contributed by atoms with Crippen LogP contribution in [0.4, 0.5) is 10.2 Å². The highest BCUT2D eigenvalue weighted by molar-refractivity contribution is 5.58. The minimum Gasteiger partial charge on any atom is -0.381 e. The molecule has 6 nitrogen and oxygen atoms in total. The molecule has 118 valence electrons. The standard InChI is InChI=1S/C16H16FN5O/c17-12-9-19-16(13-10-18-14-3-1-2-6-22(13)14)21-15(12)20-11-4-7-23-8-5-11/h1-3,6,9-11H,4-5,7-8H2,(H,19,20,21). The Labute approximate surface area is 132 Å². The first-order valence-electron chi connectivity index (χ1n) is 7.60. The van der Waals surface area contributed by atoms with Crippen LogP contribution in [-0.4, -0.2) is 38.6 Å². The van der Waals surface area contributed by atoms with Crippen molar-refractivity contribution < 1.29 is 9.13 Å². The Kier molecular flexibility index (Phi) is 3.63. The largest absolute Gasteiger partial charge is 0.381 e. The number of hydrogen-bond donors (Lipinski definition) is 1. The molecule has 0 aliphatic carbocycles. The summed E-state index contributed by atoms with van der Waals surface area (Å²) in [6.45, 7) is 1.37. The van der Waals surface area contributed by atoms with E-state index in [0.717, 1.165) is 24.2 Å². The van der Waals surface area contributed by atoms with Crippen molar-refractivity contribution in [2.24, 2.45) is 0 Å². The van der Waals surface area contributed by atoms with Crippen LogP contribution in [0.2, 0.25) is 0 Å². The first-order chi connectivity index (χ1) is 11.3. The number of hydrogen-bond acceptors (Lipinski definition) is 5. The first-order valence-corrected chi connectivity index (χ1v) is 7.60. The van der Waals surface area contributed by atoms with Gasteiger partial charge in [0.15, 0.2) is 17.5 Å². The van der Waals surface area contributed by atoms with Crippen LogP contribution in [0.3, 0.4) is 0 Å². The summed E-state index contributed by atoms with van der Waals surface area (Å²) in [5.41, 5.74) is 1.53. The van der Waals surface area contributed by atoms with Crippen LogP contribution < -0.4 is 5.32 Å². The van der Waals surface area contributed by atoms with E-state index < -0.39 is 5.82 Å². The first kappa shape index (κ1) is 14.1. The molecule has 0 spiro atoms. The van der Waals surface area contributed by atoms with E-state index in [2.05, 4.69) is 20.3 Å². The second-order valence-corrected chi connectivity index (χ2v) is 5.49. The monoisotopic (exact) mass is 313 g/mol. The number of imidazole rings is 1. The maximum atomic E-state index is 14.0. The third-order valence-corrected chi connectivity index (χ3v) is 3.95. The number of halogens is 1. The molecule has 0 atom stereocenters. The zero-order chi connectivity index (χ0) is 15.6. The summed E-state index contributed by atoms with van der Waals surface area (Å²) < 4.78 is 21.2. The zero-order valence-electron chi connectivity index (χ0n) is 12.4. The van der Waals surface area contributed by atoms with Crippen molar-refractivity contribution in [2.75, 3.05) is 18.5 Å². The lowest BCUT2D eigenvalue weighted by atomic mass is 10.1. The summed E-state index contributed by atoms with van der Waals surface area (Å²) >= 11 is 0. The number of rotatable bonds is 3. The molecule has 1 N–H and O–H groups in total. The number of anilines is 1. The molecule has 4 heterocycles. The van der Waals surface area contributed by atoms with Gasteiger partial charge in [0.1, 0.15) is 11.3 Å². The van der Waals surface area contributed by atoms with Crippen molar-refractivity contribution >= 4 is 11.5 Å². The molecule has 3 aromatic heterocycles. The van der Waals surface area contributed by atoms with E-state index >= 15 is 0 Å². The number of fused-ring (bicyclic) bond motifs is 1. The summed E-state index contributed by atoms with van der Waals surface area (Å²) in [6, 6.07) is 5.88. The minimum atomic E-state index is -0.450. The Morgan fingerprint density at radius 1 is 1.17 bits per heavy atom. The summed E-state index contributed by atoms with van der Waals surface area (Å²) in [5.74, 6) is 0.224. The average Bonchev–Trinajstić information content (AvgIpc) is 3.02. The lowest BCUT2D eigenvalue weighted by Crippen LogP contribution is -2.28. The van der Waals surface area contributed by atoms with Gasteiger partial charge in [-0.1, -0.05) is 6.07 Å². The lowest BCUT2D eigenvalue weighted by molar-refractivity contribution is 0.0903. The molecule has 0 radical (unpaired) electrons. The van der Waals surface area contributed by atoms with Gasteiger partial charge in [-0.3, -0.25) is 4.40 Å². The molecule has 0 unspecified atom stereocenters. The molecule has 3 aromatic rings. The van der Waals surface area contributed by atoms with E-state index in [4.69, 9.17) is 4.74 Å². The predicted octanol–water partition coefficient (Wildman–Crippen LogP) is 2.52. The highest BCUT2D eigenvalue weighted by Gasteiger charge is 2.18. The predicted molar refractivity (Wildman–Crippen MR) is 83.6 cm³/mol. The van der Waals surface area contributed by atoms with E-state index in [-0.39, 0.29) is 11.9 Å². The third-order valence-electron chi connectivity index (χ3n) is 3.95. The highest BCUT2D eigenvalue weighted by atomic mass is 19.1. The Bertz CT molecular complexity index is 828. The van der Waals surface area contributed by atoms with E-state index in [1.807, 2.05) is 28.8 Å². The van der Waals surface area contributed by atoms with E-state index in [1.165, 1.54) is 6.20 Å². The Hall–Kier alpha value is -2.54. The van der Waals surface area contributed by atoms with Crippen molar-refractivity contribution in [3.8, 4) is 11.5 Å². The van der Waals surface area contributed by atoms with Crippen LogP contribution in [0, 0.1) is 5.82 Å². The molecule has 0 bridgehead atoms. The summed E-state index contributed by atoms with van der Waals surface area (Å²) in [7, 11) is 0. The molecule has 1 aliphatic heterocycles. The Morgan fingerprint density at radius 2 is 2.04 bits per heavy atom. The summed E-state index contributed by atoms with van der Waals surface area (Å²) in [5, 5.41) is 3.16. The molecule has 0 saturated carbocycles. The smallest absolute Gasteiger partial charge is 0.183 e. The molecular weight excluding hydrogens is 297 g/mol. The van der Waals surface area contributed by atoms with Gasteiger partial charge < -0.3 is 10.1 Å². The highest BCUT2D eigenvalue weighted by Crippen LogP contribution is 2.21. The van der Waals surface area contributed by atoms with Crippen molar-refractivity contribution in [1.29, 1.82) is 0 Å². The molecular formula is C16H16FN5O. The second kappa shape index (κ2) is 5.92. The number of ether oxygens (including phenoxy) is 1. The van der Waals surface area contributed by atoms with Gasteiger partial charge in [-0.2, -0.15) is 0 Å². The van der Waals surface area contributed by atoms with Crippen LogP contribution in [0.5, 0.6) is 0 Å². The summed E-state index contributed by atoms with van der Waals surface area (Å²) in [4.78, 5) is 12.8. The Morgan fingerprint density at radius 3 is 2.91 bits per heavy atom. The summed E-state index contributed by atoms with van der Waals surface area (Å²) in [6.07, 6.45) is 6.46. The topological polar surface area (TPSA) is 64.3 Å². The fraction of sp³-hybridized carbons (Fsp3) is 0.312. The number of nitrogens with zero attached hydrogens (tertiary/aromatic N) is 4. The van der Waals surface area contributed by atoms with Crippen LogP contribution in [-0.2, 0) is 4.74 Å². The quantitative estimate of drug-likeness (QED) is 0.805. The number of pyridine rings is 1. The van der Waals surface area contributed by atoms with Crippen molar-refractivity contribution in [3.05, 3.63) is 42.6 Å². The van der Waals surface area contributed by atoms with Gasteiger partial charge in [0.25, 0.3) is 0 Å². The SMILES string of the molecule is Fc1cnc(-c2cnc3ccccn23)nc1NC1CCOCC1. The molecule has 1 aliphatic rings. The van der Waals surface area contributed by atoms with Gasteiger partial charge in [-0.15, -0.1) is 0 Å². The average molecular weight is 313 g/mol. The molecule has 1 fully saturated rings. The molecule has 23 heavy (non-hydrogen) atoms. The molecule has 0 amide bonds. The van der Waals surface area contributed by atoms with Gasteiger partial charge in [0.2, 0.25) is 0 Å². The number of aromatic nitrogens is 4. The van der Waals surface area contributed by atoms with Crippen molar-refractivity contribution in [1.82, 2.24) is 19.4 Å². The normalized spacial score (nSPS) is 15.9. The Balaban J connectivity index is 1.68. The molecule has 1 saturated heterocycles. The van der Waals surface area contributed by atoms with Gasteiger partial charge in [0, 0.05) is 25.5 Å². The van der Waals surface area contributed by atoms with Crippen LogP contribution >= 0.6 is 0 Å². The fourth-order valence-corrected chi connectivity index (χ4v) is 2.72. The van der Waals surface area contributed by atoms with Crippen molar-refractivity contribution in [3.63, 3.8) is 0 Å². The molecule has 4 rings (SSSR count). The zero-order valence-corrected chi connectivity index (χ0v) is 12.4. The van der Waals surface area contributed by atoms with Gasteiger partial charge >= 0.3 is 0 Å². The number of nitrogens with one attached hydrogen (secondary N) is 1. The maximum absolute atomic E-state index is 14.0. The van der Waals surface area contributed by atoms with Crippen LogP contribution in [0.15, 0.2) is 36.8 Å². The van der Waals surface area contributed by atoms with Gasteiger partial charge in [-0.25, -0.2) is 19.3 Å². The fourth-order valence-electron chi connectivity index (χ4n) is 2.72. The van der Waals surface area contributed by atoms with E-state index in [1.54, 1.807) is 6.20 Å². The van der Waals surface area contributed by atoms with Crippen LogP contribution in [0.25, 0.3) is 17.2 Å². The molecule has 7 heteroatoms. The van der Waals surface area contributed by atoms with Crippen LogP contribution in [0.1, 0.15) is 12.8 Å². The van der Waals surface area contributed by atoms with E-state index in [0.29, 0.717) is 19.0 Å².